The van der Waals surface area contributed by atoms with Gasteiger partial charge in [0.1, 0.15) is 0 Å². The molecule has 1 aliphatic carbocycles. The molecule has 0 amide bonds. The van der Waals surface area contributed by atoms with Crippen molar-refractivity contribution in [1.29, 1.82) is 0 Å². The summed E-state index contributed by atoms with van der Waals surface area (Å²) >= 11 is 5.89. The third-order valence-corrected chi connectivity index (χ3v) is 6.70. The van der Waals surface area contributed by atoms with E-state index in [0.29, 0.717) is 5.41 Å². The largest absolute Gasteiger partial charge is 0.157 e. The Balaban J connectivity index is 1.88. The molecule has 1 aromatic rings. The zero-order valence-electron chi connectivity index (χ0n) is 12.2. The van der Waals surface area contributed by atoms with Crippen LogP contribution in [0.2, 0.25) is 0 Å². The number of hydrogen-bond donors (Lipinski definition) is 0. The molecule has 106 valence electrons. The topological polar surface area (TPSA) is 0 Å². The lowest BCUT2D eigenvalue weighted by atomic mass is 9.77. The van der Waals surface area contributed by atoms with Crippen molar-refractivity contribution in [3.63, 3.8) is 0 Å². The van der Waals surface area contributed by atoms with Crippen molar-refractivity contribution < 1.29 is 0 Å². The van der Waals surface area contributed by atoms with Gasteiger partial charge in [-0.15, -0.1) is 0 Å². The maximum atomic E-state index is 3.76. The molecule has 0 heterocycles. The van der Waals surface area contributed by atoms with Gasteiger partial charge in [0.25, 0.3) is 0 Å². The highest BCUT2D eigenvalue weighted by Crippen LogP contribution is 2.41. The lowest BCUT2D eigenvalue weighted by Gasteiger charge is -2.35. The highest BCUT2D eigenvalue weighted by atomic mass is 79.9. The number of thioether (sulfide) groups is 1. The van der Waals surface area contributed by atoms with Gasteiger partial charge in [-0.05, 0) is 37.7 Å². The first-order chi connectivity index (χ1) is 9.13. The molecule has 0 aromatic heterocycles. The maximum Gasteiger partial charge on any atom is 0.0184 e. The van der Waals surface area contributed by atoms with E-state index in [1.54, 1.807) is 0 Å². The van der Waals surface area contributed by atoms with E-state index in [1.807, 2.05) is 0 Å². The highest BCUT2D eigenvalue weighted by Gasteiger charge is 2.30. The van der Waals surface area contributed by atoms with Crippen molar-refractivity contribution in [2.45, 2.75) is 51.7 Å². The minimum absolute atomic E-state index is 0.571. The van der Waals surface area contributed by atoms with Gasteiger partial charge in [-0.3, -0.25) is 0 Å². The van der Waals surface area contributed by atoms with Gasteiger partial charge in [0.2, 0.25) is 0 Å². The first-order valence-electron chi connectivity index (χ1n) is 7.34. The Kier molecular flexibility index (Phi) is 5.83. The summed E-state index contributed by atoms with van der Waals surface area (Å²) in [5, 5.41) is 1.18. The molecular weight excluding hydrogens is 316 g/mol. The van der Waals surface area contributed by atoms with Crippen molar-refractivity contribution in [3.8, 4) is 0 Å². The van der Waals surface area contributed by atoms with Crippen molar-refractivity contribution >= 4 is 27.7 Å². The van der Waals surface area contributed by atoms with Crippen molar-refractivity contribution in [1.82, 2.24) is 0 Å². The molecule has 0 atom stereocenters. The van der Waals surface area contributed by atoms with Crippen LogP contribution in [0.1, 0.15) is 48.8 Å². The molecule has 2 heteroatoms. The molecule has 0 bridgehead atoms. The molecule has 0 spiro atoms. The van der Waals surface area contributed by atoms with Crippen molar-refractivity contribution in [3.05, 3.63) is 34.9 Å². The zero-order valence-corrected chi connectivity index (χ0v) is 14.6. The highest BCUT2D eigenvalue weighted by molar-refractivity contribution is 9.09. The van der Waals surface area contributed by atoms with E-state index >= 15 is 0 Å². The summed E-state index contributed by atoms with van der Waals surface area (Å²) in [5.74, 6) is 2.47. The molecule has 0 nitrogen and oxygen atoms in total. The standard InChI is InChI=1S/C17H25BrS/c1-14-8-15(2)10-16(9-14)11-19-13-17(12-18)6-4-3-5-7-17/h8-10H,3-7,11-13H2,1-2H3. The smallest absolute Gasteiger partial charge is 0.0184 e. The summed E-state index contributed by atoms with van der Waals surface area (Å²) in [6, 6.07) is 6.93. The first kappa shape index (κ1) is 15.4. The van der Waals surface area contributed by atoms with E-state index in [0.717, 1.165) is 5.75 Å². The molecule has 1 aliphatic rings. The number of hydrogen-bond acceptors (Lipinski definition) is 1. The fourth-order valence-electron chi connectivity index (χ4n) is 3.16. The summed E-state index contributed by atoms with van der Waals surface area (Å²) in [6.45, 7) is 4.39. The number of aryl methyl sites for hydroxylation is 2. The van der Waals surface area contributed by atoms with Crippen LogP contribution in [0.25, 0.3) is 0 Å². The second-order valence-corrected chi connectivity index (χ2v) is 7.73. The van der Waals surface area contributed by atoms with Gasteiger partial charge in [0.05, 0.1) is 0 Å². The van der Waals surface area contributed by atoms with E-state index < -0.39 is 0 Å². The fraction of sp³-hybridized carbons (Fsp3) is 0.647. The third kappa shape index (κ3) is 4.53. The Hall–Kier alpha value is 0.0500. The molecular formula is C17H25BrS. The molecule has 0 unspecified atom stereocenters. The number of benzene rings is 1. The van der Waals surface area contributed by atoms with Crippen LogP contribution in [0.3, 0.4) is 0 Å². The zero-order chi connectivity index (χ0) is 13.7. The van der Waals surface area contributed by atoms with Crippen LogP contribution >= 0.6 is 27.7 Å². The van der Waals surface area contributed by atoms with Crippen LogP contribution in [0, 0.1) is 19.3 Å². The molecule has 1 fully saturated rings. The van der Waals surface area contributed by atoms with E-state index in [-0.39, 0.29) is 0 Å². The quantitative estimate of drug-likeness (QED) is 0.603. The van der Waals surface area contributed by atoms with Crippen LogP contribution < -0.4 is 0 Å². The number of halogens is 1. The summed E-state index contributed by atoms with van der Waals surface area (Å²) in [7, 11) is 0. The summed E-state index contributed by atoms with van der Waals surface area (Å²) in [4.78, 5) is 0. The third-order valence-electron chi connectivity index (χ3n) is 4.16. The Bertz CT molecular complexity index is 387. The molecule has 1 aromatic carbocycles. The Morgan fingerprint density at radius 1 is 1.05 bits per heavy atom. The van der Waals surface area contributed by atoms with Crippen LogP contribution in [-0.4, -0.2) is 11.1 Å². The van der Waals surface area contributed by atoms with E-state index in [9.17, 15) is 0 Å². The molecule has 1 saturated carbocycles. The van der Waals surface area contributed by atoms with E-state index in [4.69, 9.17) is 0 Å². The predicted molar refractivity (Wildman–Crippen MR) is 91.4 cm³/mol. The minimum Gasteiger partial charge on any atom is -0.157 e. The average Bonchev–Trinajstić information content (AvgIpc) is 2.39. The maximum absolute atomic E-state index is 3.76. The second kappa shape index (κ2) is 7.17. The van der Waals surface area contributed by atoms with Gasteiger partial charge in [-0.2, -0.15) is 11.8 Å². The van der Waals surface area contributed by atoms with Gasteiger partial charge in [0.15, 0.2) is 0 Å². The minimum atomic E-state index is 0.571. The molecule has 0 N–H and O–H groups in total. The Morgan fingerprint density at radius 3 is 2.26 bits per heavy atom. The van der Waals surface area contributed by atoms with E-state index in [2.05, 4.69) is 59.7 Å². The Labute approximate surface area is 130 Å². The van der Waals surface area contributed by atoms with E-state index in [1.165, 1.54) is 59.9 Å². The number of alkyl halides is 1. The SMILES string of the molecule is Cc1cc(C)cc(CSCC2(CBr)CCCCC2)c1. The average molecular weight is 341 g/mol. The normalized spacial score (nSPS) is 18.5. The van der Waals surface area contributed by atoms with Gasteiger partial charge in [0, 0.05) is 16.8 Å². The van der Waals surface area contributed by atoms with Gasteiger partial charge in [-0.25, -0.2) is 0 Å². The molecule has 0 radical (unpaired) electrons. The van der Waals surface area contributed by atoms with Crippen LogP contribution in [0.15, 0.2) is 18.2 Å². The first-order valence-corrected chi connectivity index (χ1v) is 9.62. The van der Waals surface area contributed by atoms with Gasteiger partial charge < -0.3 is 0 Å². The number of rotatable bonds is 5. The van der Waals surface area contributed by atoms with Crippen LogP contribution in [-0.2, 0) is 5.75 Å². The van der Waals surface area contributed by atoms with Crippen molar-refractivity contribution in [2.75, 3.05) is 11.1 Å². The monoisotopic (exact) mass is 340 g/mol. The second-order valence-electron chi connectivity index (χ2n) is 6.18. The molecule has 0 aliphatic heterocycles. The van der Waals surface area contributed by atoms with Crippen LogP contribution in [0.5, 0.6) is 0 Å². The fourth-order valence-corrected chi connectivity index (χ4v) is 5.51. The lowest BCUT2D eigenvalue weighted by molar-refractivity contribution is 0.260. The lowest BCUT2D eigenvalue weighted by Crippen LogP contribution is -2.28. The van der Waals surface area contributed by atoms with Gasteiger partial charge in [-0.1, -0.05) is 64.5 Å². The Morgan fingerprint density at radius 2 is 1.68 bits per heavy atom. The summed E-state index contributed by atoms with van der Waals surface area (Å²) in [6.07, 6.45) is 7.12. The van der Waals surface area contributed by atoms with Crippen molar-refractivity contribution in [2.24, 2.45) is 5.41 Å². The van der Waals surface area contributed by atoms with Gasteiger partial charge >= 0.3 is 0 Å². The molecule has 0 saturated heterocycles. The summed E-state index contributed by atoms with van der Waals surface area (Å²) < 4.78 is 0. The molecule has 2 rings (SSSR count). The summed E-state index contributed by atoms with van der Waals surface area (Å²) in [5.41, 5.74) is 4.84. The van der Waals surface area contributed by atoms with Crippen LogP contribution in [0.4, 0.5) is 0 Å². The predicted octanol–water partition coefficient (Wildman–Crippen LogP) is 5.88. The molecule has 19 heavy (non-hydrogen) atoms.